The first kappa shape index (κ1) is 17.6. The molecule has 1 aromatic rings. The summed E-state index contributed by atoms with van der Waals surface area (Å²) in [7, 11) is -3.84. The van der Waals surface area contributed by atoms with E-state index in [4.69, 9.17) is 10.2 Å². The van der Waals surface area contributed by atoms with Crippen LogP contribution in [0.5, 0.6) is 0 Å². The number of aliphatic hydroxyl groups excluding tert-OH is 1. The van der Waals surface area contributed by atoms with Crippen molar-refractivity contribution in [1.82, 2.24) is 4.72 Å². The lowest BCUT2D eigenvalue weighted by Gasteiger charge is -2.22. The summed E-state index contributed by atoms with van der Waals surface area (Å²) < 4.78 is 27.1. The highest BCUT2D eigenvalue weighted by molar-refractivity contribution is 7.89. The minimum Gasteiger partial charge on any atom is -0.478 e. The Labute approximate surface area is 124 Å². The monoisotopic (exact) mass is 315 g/mol. The molecular weight excluding hydrogens is 294 g/mol. The van der Waals surface area contributed by atoms with Crippen molar-refractivity contribution in [3.63, 3.8) is 0 Å². The molecular formula is C14H21NO5S. The molecule has 0 saturated carbocycles. The molecule has 0 radical (unpaired) electrons. The molecule has 0 aliphatic rings. The maximum atomic E-state index is 12.4. The number of aryl methyl sites for hydroxylation is 1. The van der Waals surface area contributed by atoms with Crippen molar-refractivity contribution < 1.29 is 23.4 Å². The van der Waals surface area contributed by atoms with E-state index in [9.17, 15) is 13.2 Å². The van der Waals surface area contributed by atoms with Crippen LogP contribution in [0.4, 0.5) is 0 Å². The van der Waals surface area contributed by atoms with Crippen LogP contribution in [0.3, 0.4) is 0 Å². The van der Waals surface area contributed by atoms with Gasteiger partial charge in [-0.3, -0.25) is 0 Å². The Morgan fingerprint density at radius 3 is 2.33 bits per heavy atom. The van der Waals surface area contributed by atoms with E-state index in [0.29, 0.717) is 11.1 Å². The van der Waals surface area contributed by atoms with Gasteiger partial charge in [-0.25, -0.2) is 17.9 Å². The van der Waals surface area contributed by atoms with Crippen molar-refractivity contribution in [2.75, 3.05) is 13.2 Å². The van der Waals surface area contributed by atoms with Crippen molar-refractivity contribution in [1.29, 1.82) is 0 Å². The van der Waals surface area contributed by atoms with Gasteiger partial charge in [0.15, 0.2) is 0 Å². The average Bonchev–Trinajstić information content (AvgIpc) is 2.39. The summed E-state index contributed by atoms with van der Waals surface area (Å²) in [5.74, 6) is -1.18. The van der Waals surface area contributed by atoms with Crippen LogP contribution in [0.15, 0.2) is 17.0 Å². The van der Waals surface area contributed by atoms with E-state index in [-0.39, 0.29) is 23.6 Å². The average molecular weight is 315 g/mol. The molecule has 21 heavy (non-hydrogen) atoms. The van der Waals surface area contributed by atoms with E-state index < -0.39 is 21.4 Å². The predicted molar refractivity (Wildman–Crippen MR) is 78.9 cm³/mol. The molecule has 118 valence electrons. The standard InChI is InChI=1S/C14H21NO5S/c1-9-5-11(13(17)18)6-12(10(9)2)21(19,20)15-7-14(3,4)8-16/h5-6,15-16H,7-8H2,1-4H3,(H,17,18). The minimum atomic E-state index is -3.84. The molecule has 3 N–H and O–H groups in total. The number of carboxylic acid groups (broad SMARTS) is 1. The highest BCUT2D eigenvalue weighted by atomic mass is 32.2. The Kier molecular flexibility index (Phi) is 5.14. The Bertz CT molecular complexity index is 650. The summed E-state index contributed by atoms with van der Waals surface area (Å²) >= 11 is 0. The van der Waals surface area contributed by atoms with Gasteiger partial charge in [-0.15, -0.1) is 0 Å². The number of benzene rings is 1. The number of carbonyl (C=O) groups is 1. The fourth-order valence-corrected chi connectivity index (χ4v) is 3.24. The Morgan fingerprint density at radius 2 is 1.86 bits per heavy atom. The van der Waals surface area contributed by atoms with Crippen LogP contribution in [-0.4, -0.2) is 37.8 Å². The van der Waals surface area contributed by atoms with Crippen molar-refractivity contribution in [3.05, 3.63) is 28.8 Å². The largest absolute Gasteiger partial charge is 0.478 e. The van der Waals surface area contributed by atoms with Gasteiger partial charge in [-0.05, 0) is 37.1 Å². The van der Waals surface area contributed by atoms with Gasteiger partial charge < -0.3 is 10.2 Å². The second-order valence-corrected chi connectivity index (χ2v) is 7.60. The molecule has 0 fully saturated rings. The first-order valence-corrected chi connectivity index (χ1v) is 7.93. The van der Waals surface area contributed by atoms with E-state index in [2.05, 4.69) is 4.72 Å². The molecule has 0 aliphatic carbocycles. The van der Waals surface area contributed by atoms with Crippen LogP contribution in [-0.2, 0) is 10.0 Å². The van der Waals surface area contributed by atoms with Crippen molar-refractivity contribution >= 4 is 16.0 Å². The molecule has 0 aliphatic heterocycles. The van der Waals surface area contributed by atoms with Crippen LogP contribution >= 0.6 is 0 Å². The van der Waals surface area contributed by atoms with E-state index in [0.717, 1.165) is 6.07 Å². The first-order valence-electron chi connectivity index (χ1n) is 6.45. The second-order valence-electron chi connectivity index (χ2n) is 5.87. The lowest BCUT2D eigenvalue weighted by Crippen LogP contribution is -2.36. The highest BCUT2D eigenvalue weighted by Gasteiger charge is 2.24. The van der Waals surface area contributed by atoms with Crippen LogP contribution < -0.4 is 4.72 Å². The molecule has 1 aromatic carbocycles. The summed E-state index contributed by atoms with van der Waals surface area (Å²) in [6.07, 6.45) is 0. The highest BCUT2D eigenvalue weighted by Crippen LogP contribution is 2.22. The van der Waals surface area contributed by atoms with Gasteiger partial charge in [0.2, 0.25) is 10.0 Å². The zero-order valence-corrected chi connectivity index (χ0v) is 13.4. The molecule has 6 nitrogen and oxygen atoms in total. The predicted octanol–water partition coefficient (Wildman–Crippen LogP) is 1.30. The Balaban J connectivity index is 3.22. The molecule has 0 amide bonds. The number of aliphatic hydroxyl groups is 1. The number of hydrogen-bond donors (Lipinski definition) is 3. The summed E-state index contributed by atoms with van der Waals surface area (Å²) in [5.41, 5.74) is 0.436. The molecule has 1 rings (SSSR count). The van der Waals surface area contributed by atoms with E-state index in [1.165, 1.54) is 6.07 Å². The molecule has 0 heterocycles. The number of nitrogens with one attached hydrogen (secondary N) is 1. The molecule has 0 atom stereocenters. The molecule has 0 spiro atoms. The van der Waals surface area contributed by atoms with Gasteiger partial charge in [0.25, 0.3) is 0 Å². The number of aromatic carboxylic acids is 1. The fraction of sp³-hybridized carbons (Fsp3) is 0.500. The molecule has 0 bridgehead atoms. The molecule has 0 aromatic heterocycles. The van der Waals surface area contributed by atoms with Crippen LogP contribution in [0.25, 0.3) is 0 Å². The summed E-state index contributed by atoms with van der Waals surface area (Å²) in [4.78, 5) is 11.0. The van der Waals surface area contributed by atoms with Crippen LogP contribution in [0.2, 0.25) is 0 Å². The van der Waals surface area contributed by atoms with Gasteiger partial charge in [0.1, 0.15) is 0 Å². The van der Waals surface area contributed by atoms with Crippen LogP contribution in [0, 0.1) is 19.3 Å². The molecule has 7 heteroatoms. The molecule has 0 unspecified atom stereocenters. The Morgan fingerprint density at radius 1 is 1.29 bits per heavy atom. The Hall–Kier alpha value is -1.44. The lowest BCUT2D eigenvalue weighted by atomic mass is 9.96. The number of rotatable bonds is 6. The third-order valence-electron chi connectivity index (χ3n) is 3.32. The minimum absolute atomic E-state index is 0.0476. The molecule has 0 saturated heterocycles. The van der Waals surface area contributed by atoms with Gasteiger partial charge in [0, 0.05) is 18.6 Å². The third-order valence-corrected chi connectivity index (χ3v) is 4.85. The second kappa shape index (κ2) is 6.13. The zero-order chi connectivity index (χ0) is 16.4. The van der Waals surface area contributed by atoms with Crippen molar-refractivity contribution in [2.45, 2.75) is 32.6 Å². The summed E-state index contributed by atoms with van der Waals surface area (Å²) in [6, 6.07) is 2.59. The van der Waals surface area contributed by atoms with E-state index >= 15 is 0 Å². The van der Waals surface area contributed by atoms with Gasteiger partial charge in [0.05, 0.1) is 10.5 Å². The van der Waals surface area contributed by atoms with Gasteiger partial charge in [-0.1, -0.05) is 13.8 Å². The zero-order valence-electron chi connectivity index (χ0n) is 12.6. The lowest BCUT2D eigenvalue weighted by molar-refractivity contribution is 0.0696. The maximum Gasteiger partial charge on any atom is 0.335 e. The van der Waals surface area contributed by atoms with Crippen LogP contribution in [0.1, 0.15) is 35.3 Å². The quantitative estimate of drug-likeness (QED) is 0.734. The fourth-order valence-electron chi connectivity index (χ4n) is 1.65. The number of sulfonamides is 1. The summed E-state index contributed by atoms with van der Waals surface area (Å²) in [5, 5.41) is 18.2. The third kappa shape index (κ3) is 4.26. The normalized spacial score (nSPS) is 12.4. The topological polar surface area (TPSA) is 104 Å². The van der Waals surface area contributed by atoms with E-state index in [1.54, 1.807) is 27.7 Å². The number of carboxylic acids is 1. The maximum absolute atomic E-state index is 12.4. The number of hydrogen-bond acceptors (Lipinski definition) is 4. The first-order chi connectivity index (χ1) is 9.50. The van der Waals surface area contributed by atoms with Crippen molar-refractivity contribution in [3.8, 4) is 0 Å². The van der Waals surface area contributed by atoms with Gasteiger partial charge in [-0.2, -0.15) is 0 Å². The van der Waals surface area contributed by atoms with Crippen molar-refractivity contribution in [2.24, 2.45) is 5.41 Å². The summed E-state index contributed by atoms with van der Waals surface area (Å²) in [6.45, 7) is 6.64. The van der Waals surface area contributed by atoms with Gasteiger partial charge >= 0.3 is 5.97 Å². The van der Waals surface area contributed by atoms with E-state index in [1.807, 2.05) is 0 Å². The smallest absolute Gasteiger partial charge is 0.335 e. The SMILES string of the molecule is Cc1cc(C(=O)O)cc(S(=O)(=O)NCC(C)(C)CO)c1C.